The summed E-state index contributed by atoms with van der Waals surface area (Å²) in [6.07, 6.45) is 1.77. The van der Waals surface area contributed by atoms with E-state index in [4.69, 9.17) is 11.6 Å². The van der Waals surface area contributed by atoms with E-state index >= 15 is 0 Å². The zero-order valence-corrected chi connectivity index (χ0v) is 13.0. The smallest absolute Gasteiger partial charge is 0.135 e. The molecule has 2 rings (SSSR count). The summed E-state index contributed by atoms with van der Waals surface area (Å²) >= 11 is 6.01. The van der Waals surface area contributed by atoms with Crippen molar-refractivity contribution in [2.75, 3.05) is 11.9 Å². The molecule has 0 aliphatic heterocycles. The summed E-state index contributed by atoms with van der Waals surface area (Å²) in [7, 11) is 0. The summed E-state index contributed by atoms with van der Waals surface area (Å²) in [5.74, 6) is 1.77. The maximum atomic E-state index is 6.01. The topological polar surface area (TPSA) is 37.8 Å². The minimum atomic E-state index is 0.697. The van der Waals surface area contributed by atoms with Crippen LogP contribution in [-0.4, -0.2) is 16.5 Å². The number of nitrogens with zero attached hydrogens (tertiary/aromatic N) is 2. The molecule has 1 N–H and O–H groups in total. The van der Waals surface area contributed by atoms with Crippen molar-refractivity contribution in [3.05, 3.63) is 51.9 Å². The fourth-order valence-corrected chi connectivity index (χ4v) is 2.22. The first kappa shape index (κ1) is 14.8. The predicted octanol–water partition coefficient (Wildman–Crippen LogP) is 4.16. The third-order valence-corrected chi connectivity index (χ3v) is 3.46. The maximum absolute atomic E-state index is 6.01. The third-order valence-electron chi connectivity index (χ3n) is 3.23. The van der Waals surface area contributed by atoms with E-state index < -0.39 is 0 Å². The molecule has 0 fully saturated rings. The second kappa shape index (κ2) is 6.71. The number of hydrogen-bond acceptors (Lipinski definition) is 3. The fraction of sp³-hybridized carbons (Fsp3) is 0.375. The summed E-state index contributed by atoms with van der Waals surface area (Å²) in [5, 5.41) is 4.11. The van der Waals surface area contributed by atoms with Crippen LogP contribution in [0.25, 0.3) is 0 Å². The summed E-state index contributed by atoms with van der Waals surface area (Å²) in [6, 6.07) is 7.83. The van der Waals surface area contributed by atoms with Gasteiger partial charge in [-0.25, -0.2) is 9.97 Å². The van der Waals surface area contributed by atoms with Gasteiger partial charge >= 0.3 is 0 Å². The first-order valence-electron chi connectivity index (χ1n) is 6.92. The SMILES string of the molecule is CCCNc1nc(Cc2cccc(Cl)c2)nc(C)c1C. The summed E-state index contributed by atoms with van der Waals surface area (Å²) in [6.45, 7) is 7.14. The lowest BCUT2D eigenvalue weighted by Gasteiger charge is -2.12. The van der Waals surface area contributed by atoms with Crippen LogP contribution in [-0.2, 0) is 6.42 Å². The molecule has 3 nitrogen and oxygen atoms in total. The standard InChI is InChI=1S/C16H20ClN3/c1-4-8-18-16-11(2)12(3)19-15(20-16)10-13-6-5-7-14(17)9-13/h5-7,9H,4,8,10H2,1-3H3,(H,18,19,20). The molecular weight excluding hydrogens is 270 g/mol. The molecule has 0 spiro atoms. The van der Waals surface area contributed by atoms with Crippen LogP contribution in [0.2, 0.25) is 5.02 Å². The van der Waals surface area contributed by atoms with Crippen molar-refractivity contribution in [3.63, 3.8) is 0 Å². The molecule has 1 aromatic carbocycles. The number of halogens is 1. The third kappa shape index (κ3) is 3.70. The number of nitrogens with one attached hydrogen (secondary N) is 1. The quantitative estimate of drug-likeness (QED) is 0.898. The van der Waals surface area contributed by atoms with Crippen LogP contribution in [0.15, 0.2) is 24.3 Å². The van der Waals surface area contributed by atoms with E-state index in [0.29, 0.717) is 6.42 Å². The van der Waals surface area contributed by atoms with Crippen LogP contribution in [0.4, 0.5) is 5.82 Å². The van der Waals surface area contributed by atoms with E-state index in [-0.39, 0.29) is 0 Å². The van der Waals surface area contributed by atoms with Crippen molar-refractivity contribution in [1.82, 2.24) is 9.97 Å². The first-order valence-corrected chi connectivity index (χ1v) is 7.30. The Hall–Kier alpha value is -1.61. The Morgan fingerprint density at radius 2 is 2.00 bits per heavy atom. The molecule has 0 unspecified atom stereocenters. The van der Waals surface area contributed by atoms with Gasteiger partial charge in [0.15, 0.2) is 0 Å². The largest absolute Gasteiger partial charge is 0.370 e. The summed E-state index contributed by atoms with van der Waals surface area (Å²) < 4.78 is 0. The highest BCUT2D eigenvalue weighted by atomic mass is 35.5. The van der Waals surface area contributed by atoms with Gasteiger partial charge in [-0.05, 0) is 38.0 Å². The highest BCUT2D eigenvalue weighted by molar-refractivity contribution is 6.30. The van der Waals surface area contributed by atoms with E-state index in [2.05, 4.69) is 29.1 Å². The van der Waals surface area contributed by atoms with Crippen LogP contribution in [0, 0.1) is 13.8 Å². The van der Waals surface area contributed by atoms with Gasteiger partial charge in [0.1, 0.15) is 11.6 Å². The van der Waals surface area contributed by atoms with E-state index in [0.717, 1.165) is 46.5 Å². The lowest BCUT2D eigenvalue weighted by atomic mass is 10.1. The van der Waals surface area contributed by atoms with Crippen molar-refractivity contribution in [2.24, 2.45) is 0 Å². The Kier molecular flexibility index (Phi) is 4.96. The van der Waals surface area contributed by atoms with Crippen LogP contribution < -0.4 is 5.32 Å². The van der Waals surface area contributed by atoms with Gasteiger partial charge in [-0.15, -0.1) is 0 Å². The van der Waals surface area contributed by atoms with Gasteiger partial charge in [0.2, 0.25) is 0 Å². The van der Waals surface area contributed by atoms with E-state index in [1.165, 1.54) is 0 Å². The molecule has 0 aliphatic carbocycles. The van der Waals surface area contributed by atoms with Crippen molar-refractivity contribution in [3.8, 4) is 0 Å². The Balaban J connectivity index is 2.25. The monoisotopic (exact) mass is 289 g/mol. The Morgan fingerprint density at radius 1 is 1.20 bits per heavy atom. The average Bonchev–Trinajstić information content (AvgIpc) is 2.41. The summed E-state index contributed by atoms with van der Waals surface area (Å²) in [4.78, 5) is 9.20. The number of benzene rings is 1. The van der Waals surface area contributed by atoms with E-state index in [1.807, 2.05) is 31.2 Å². The van der Waals surface area contributed by atoms with Crippen LogP contribution in [0.3, 0.4) is 0 Å². The highest BCUT2D eigenvalue weighted by Crippen LogP contribution is 2.18. The van der Waals surface area contributed by atoms with Crippen LogP contribution >= 0.6 is 11.6 Å². The van der Waals surface area contributed by atoms with Crippen molar-refractivity contribution < 1.29 is 0 Å². The van der Waals surface area contributed by atoms with Gasteiger partial charge in [-0.1, -0.05) is 30.7 Å². The van der Waals surface area contributed by atoms with Gasteiger partial charge in [0.25, 0.3) is 0 Å². The van der Waals surface area contributed by atoms with Crippen molar-refractivity contribution >= 4 is 17.4 Å². The minimum absolute atomic E-state index is 0.697. The first-order chi connectivity index (χ1) is 9.60. The van der Waals surface area contributed by atoms with Gasteiger partial charge in [0, 0.05) is 29.2 Å². The van der Waals surface area contributed by atoms with Gasteiger partial charge < -0.3 is 5.32 Å². The zero-order valence-electron chi connectivity index (χ0n) is 12.2. The molecule has 0 atom stereocenters. The molecule has 1 heterocycles. The Bertz CT molecular complexity index is 596. The number of aromatic nitrogens is 2. The Labute approximate surface area is 125 Å². The second-order valence-corrected chi connectivity index (χ2v) is 5.37. The molecule has 0 bridgehead atoms. The molecule has 2 aromatic rings. The molecule has 4 heteroatoms. The number of anilines is 1. The minimum Gasteiger partial charge on any atom is -0.370 e. The lowest BCUT2D eigenvalue weighted by Crippen LogP contribution is -2.09. The average molecular weight is 290 g/mol. The molecule has 0 saturated carbocycles. The van der Waals surface area contributed by atoms with E-state index in [9.17, 15) is 0 Å². The Morgan fingerprint density at radius 3 is 2.70 bits per heavy atom. The highest BCUT2D eigenvalue weighted by Gasteiger charge is 2.08. The maximum Gasteiger partial charge on any atom is 0.135 e. The molecule has 20 heavy (non-hydrogen) atoms. The van der Waals surface area contributed by atoms with E-state index in [1.54, 1.807) is 0 Å². The zero-order chi connectivity index (χ0) is 14.5. The number of aryl methyl sites for hydroxylation is 1. The number of hydrogen-bond donors (Lipinski definition) is 1. The molecular formula is C16H20ClN3. The van der Waals surface area contributed by atoms with Crippen molar-refractivity contribution in [2.45, 2.75) is 33.6 Å². The fourth-order valence-electron chi connectivity index (χ4n) is 2.01. The second-order valence-electron chi connectivity index (χ2n) is 4.93. The predicted molar refractivity (Wildman–Crippen MR) is 84.5 cm³/mol. The normalized spacial score (nSPS) is 10.6. The molecule has 1 aromatic heterocycles. The molecule has 106 valence electrons. The van der Waals surface area contributed by atoms with Crippen molar-refractivity contribution in [1.29, 1.82) is 0 Å². The molecule has 0 amide bonds. The molecule has 0 saturated heterocycles. The van der Waals surface area contributed by atoms with Gasteiger partial charge in [-0.2, -0.15) is 0 Å². The number of rotatable bonds is 5. The lowest BCUT2D eigenvalue weighted by molar-refractivity contribution is 0.904. The van der Waals surface area contributed by atoms with Crippen LogP contribution in [0.1, 0.15) is 36.0 Å². The molecule has 0 aliphatic rings. The summed E-state index contributed by atoms with van der Waals surface area (Å²) in [5.41, 5.74) is 3.27. The molecule has 0 radical (unpaired) electrons. The van der Waals surface area contributed by atoms with Crippen LogP contribution in [0.5, 0.6) is 0 Å². The van der Waals surface area contributed by atoms with Gasteiger partial charge in [-0.3, -0.25) is 0 Å². The van der Waals surface area contributed by atoms with Gasteiger partial charge in [0.05, 0.1) is 0 Å².